The van der Waals surface area contributed by atoms with E-state index in [1.165, 1.54) is 5.56 Å². The first-order chi connectivity index (χ1) is 8.38. The predicted octanol–water partition coefficient (Wildman–Crippen LogP) is 2.07. The second-order valence-corrected chi connectivity index (χ2v) is 4.63. The van der Waals surface area contributed by atoms with E-state index in [9.17, 15) is 4.79 Å². The molecule has 1 aliphatic rings. The Morgan fingerprint density at radius 2 is 1.94 bits per heavy atom. The number of rotatable bonds is 5. The van der Waals surface area contributed by atoms with Crippen molar-refractivity contribution >= 4 is 6.47 Å². The van der Waals surface area contributed by atoms with Crippen LogP contribution in [0.2, 0.25) is 0 Å². The highest BCUT2D eigenvalue weighted by Gasteiger charge is 2.19. The van der Waals surface area contributed by atoms with Gasteiger partial charge in [-0.2, -0.15) is 0 Å². The van der Waals surface area contributed by atoms with Gasteiger partial charge in [0.15, 0.2) is 0 Å². The van der Waals surface area contributed by atoms with Crippen LogP contribution in [0.15, 0.2) is 30.3 Å². The van der Waals surface area contributed by atoms with Gasteiger partial charge in [0.1, 0.15) is 0 Å². The average molecular weight is 233 g/mol. The Kier molecular flexibility index (Phi) is 4.56. The summed E-state index contributed by atoms with van der Waals surface area (Å²) in [5, 5.41) is 0. The molecule has 0 aliphatic carbocycles. The van der Waals surface area contributed by atoms with Gasteiger partial charge in [0, 0.05) is 6.54 Å². The largest absolute Gasteiger partial charge is 0.468 e. The van der Waals surface area contributed by atoms with E-state index in [0.717, 1.165) is 32.5 Å². The quantitative estimate of drug-likeness (QED) is 0.729. The molecule has 0 N–H and O–H groups in total. The van der Waals surface area contributed by atoms with E-state index in [-0.39, 0.29) is 0 Å². The molecule has 0 spiro atoms. The van der Waals surface area contributed by atoms with Gasteiger partial charge in [0.2, 0.25) is 0 Å². The van der Waals surface area contributed by atoms with Gasteiger partial charge in [-0.1, -0.05) is 30.3 Å². The third-order valence-electron chi connectivity index (χ3n) is 3.36. The van der Waals surface area contributed by atoms with Crippen molar-refractivity contribution in [3.05, 3.63) is 35.9 Å². The first-order valence-corrected chi connectivity index (χ1v) is 6.20. The Morgan fingerprint density at radius 3 is 2.59 bits per heavy atom. The molecule has 92 valence electrons. The molecule has 0 radical (unpaired) electrons. The lowest BCUT2D eigenvalue weighted by Crippen LogP contribution is -2.34. The Labute approximate surface area is 102 Å². The minimum Gasteiger partial charge on any atom is -0.468 e. The zero-order chi connectivity index (χ0) is 11.9. The predicted molar refractivity (Wildman–Crippen MR) is 66.5 cm³/mol. The molecule has 1 aliphatic heterocycles. The summed E-state index contributed by atoms with van der Waals surface area (Å²) < 4.78 is 4.83. The third kappa shape index (κ3) is 3.86. The van der Waals surface area contributed by atoms with Gasteiger partial charge in [0.25, 0.3) is 6.47 Å². The van der Waals surface area contributed by atoms with Crippen LogP contribution in [-0.2, 0) is 16.1 Å². The molecule has 2 rings (SSSR count). The molecule has 0 unspecified atom stereocenters. The lowest BCUT2D eigenvalue weighted by Gasteiger charge is -2.31. The van der Waals surface area contributed by atoms with Gasteiger partial charge in [-0.25, -0.2) is 0 Å². The fourth-order valence-corrected chi connectivity index (χ4v) is 2.33. The Hall–Kier alpha value is -1.35. The highest BCUT2D eigenvalue weighted by Crippen LogP contribution is 2.18. The number of likely N-dealkylation sites (tertiary alicyclic amines) is 1. The molecule has 0 bridgehead atoms. The normalized spacial score (nSPS) is 17.9. The van der Waals surface area contributed by atoms with E-state index in [2.05, 4.69) is 29.2 Å². The minimum absolute atomic E-state index is 0.548. The molecule has 0 atom stereocenters. The van der Waals surface area contributed by atoms with Gasteiger partial charge >= 0.3 is 0 Å². The lowest BCUT2D eigenvalue weighted by atomic mass is 9.97. The fraction of sp³-hybridized carbons (Fsp3) is 0.500. The number of nitrogens with zero attached hydrogens (tertiary/aromatic N) is 1. The van der Waals surface area contributed by atoms with Crippen LogP contribution in [0, 0.1) is 5.92 Å². The van der Waals surface area contributed by atoms with Gasteiger partial charge in [-0.15, -0.1) is 0 Å². The van der Waals surface area contributed by atoms with Crippen molar-refractivity contribution in [2.24, 2.45) is 5.92 Å². The number of ether oxygens (including phenoxy) is 1. The van der Waals surface area contributed by atoms with Crippen molar-refractivity contribution in [2.75, 3.05) is 19.7 Å². The van der Waals surface area contributed by atoms with Crippen LogP contribution in [0.3, 0.4) is 0 Å². The molecule has 1 heterocycles. The maximum atomic E-state index is 10.1. The van der Waals surface area contributed by atoms with E-state index in [1.54, 1.807) is 0 Å². The standard InChI is InChI=1S/C14H19NO2/c16-12-17-11-14-6-8-15(9-7-14)10-13-4-2-1-3-5-13/h1-5,12,14H,6-11H2. The van der Waals surface area contributed by atoms with Crippen LogP contribution in [0.1, 0.15) is 18.4 Å². The summed E-state index contributed by atoms with van der Waals surface area (Å²) in [5.41, 5.74) is 1.37. The van der Waals surface area contributed by atoms with Gasteiger partial charge in [0.05, 0.1) is 6.61 Å². The van der Waals surface area contributed by atoms with E-state index in [0.29, 0.717) is 19.0 Å². The highest BCUT2D eigenvalue weighted by molar-refractivity contribution is 5.36. The third-order valence-corrected chi connectivity index (χ3v) is 3.36. The summed E-state index contributed by atoms with van der Waals surface area (Å²) in [5.74, 6) is 0.548. The van der Waals surface area contributed by atoms with Crippen LogP contribution in [0.5, 0.6) is 0 Å². The molecule has 0 aromatic heterocycles. The molecule has 1 saturated heterocycles. The number of piperidine rings is 1. The summed E-state index contributed by atoms with van der Waals surface area (Å²) >= 11 is 0. The fourth-order valence-electron chi connectivity index (χ4n) is 2.33. The highest BCUT2D eigenvalue weighted by atomic mass is 16.5. The summed E-state index contributed by atoms with van der Waals surface area (Å²) in [6.07, 6.45) is 2.25. The van der Waals surface area contributed by atoms with Gasteiger partial charge < -0.3 is 4.74 Å². The molecular formula is C14H19NO2. The zero-order valence-electron chi connectivity index (χ0n) is 10.0. The van der Waals surface area contributed by atoms with E-state index in [4.69, 9.17) is 4.74 Å². The van der Waals surface area contributed by atoms with Crippen LogP contribution < -0.4 is 0 Å². The first kappa shape index (κ1) is 12.1. The van der Waals surface area contributed by atoms with Crippen molar-refractivity contribution in [1.82, 2.24) is 4.90 Å². The van der Waals surface area contributed by atoms with Crippen LogP contribution in [0.4, 0.5) is 0 Å². The molecular weight excluding hydrogens is 214 g/mol. The number of hydrogen-bond donors (Lipinski definition) is 0. The van der Waals surface area contributed by atoms with E-state index in [1.807, 2.05) is 6.07 Å². The molecule has 1 aromatic rings. The van der Waals surface area contributed by atoms with Gasteiger partial charge in [-0.05, 0) is 37.4 Å². The molecule has 17 heavy (non-hydrogen) atoms. The first-order valence-electron chi connectivity index (χ1n) is 6.20. The van der Waals surface area contributed by atoms with Crippen molar-refractivity contribution in [3.8, 4) is 0 Å². The Morgan fingerprint density at radius 1 is 1.24 bits per heavy atom. The van der Waals surface area contributed by atoms with E-state index < -0.39 is 0 Å². The van der Waals surface area contributed by atoms with Crippen molar-refractivity contribution in [3.63, 3.8) is 0 Å². The number of carbonyl (C=O) groups excluding carboxylic acids is 1. The minimum atomic E-state index is 0.548. The molecule has 3 nitrogen and oxygen atoms in total. The number of hydrogen-bond acceptors (Lipinski definition) is 3. The lowest BCUT2D eigenvalue weighted by molar-refractivity contribution is -0.130. The SMILES string of the molecule is O=COCC1CCN(Cc2ccccc2)CC1. The van der Waals surface area contributed by atoms with Crippen molar-refractivity contribution in [1.29, 1.82) is 0 Å². The summed E-state index contributed by atoms with van der Waals surface area (Å²) in [7, 11) is 0. The monoisotopic (exact) mass is 233 g/mol. The molecule has 0 amide bonds. The average Bonchev–Trinajstić information content (AvgIpc) is 2.39. The Bertz CT molecular complexity index is 331. The maximum Gasteiger partial charge on any atom is 0.293 e. The topological polar surface area (TPSA) is 29.5 Å². The van der Waals surface area contributed by atoms with Crippen molar-refractivity contribution in [2.45, 2.75) is 19.4 Å². The van der Waals surface area contributed by atoms with Crippen molar-refractivity contribution < 1.29 is 9.53 Å². The second kappa shape index (κ2) is 6.40. The summed E-state index contributed by atoms with van der Waals surface area (Å²) in [6.45, 7) is 4.37. The Balaban J connectivity index is 1.74. The smallest absolute Gasteiger partial charge is 0.293 e. The summed E-state index contributed by atoms with van der Waals surface area (Å²) in [6, 6.07) is 10.6. The maximum absolute atomic E-state index is 10.1. The number of carbonyl (C=O) groups is 1. The van der Waals surface area contributed by atoms with Crippen LogP contribution in [-0.4, -0.2) is 31.1 Å². The van der Waals surface area contributed by atoms with E-state index >= 15 is 0 Å². The molecule has 1 fully saturated rings. The zero-order valence-corrected chi connectivity index (χ0v) is 10.0. The number of benzene rings is 1. The van der Waals surface area contributed by atoms with Gasteiger partial charge in [-0.3, -0.25) is 9.69 Å². The van der Waals surface area contributed by atoms with Crippen LogP contribution in [0.25, 0.3) is 0 Å². The molecule has 1 aromatic carbocycles. The second-order valence-electron chi connectivity index (χ2n) is 4.63. The van der Waals surface area contributed by atoms with Crippen LogP contribution >= 0.6 is 0 Å². The molecule has 3 heteroatoms. The molecule has 0 saturated carbocycles. The summed E-state index contributed by atoms with van der Waals surface area (Å²) in [4.78, 5) is 12.6.